The highest BCUT2D eigenvalue weighted by molar-refractivity contribution is 5.94. The lowest BCUT2D eigenvalue weighted by Gasteiger charge is -2.38. The standard InChI is InChI=1S/C23H24F3NO5/c1-21(2,20(29)30)32-18-9-7-16(8-10-18)22(31)11-13-27(14-12-22)19(28)15-3-5-17(6-4-15)23(24,25)26/h3-10,31H,11-14H2,1-2H3,(H,29,30). The summed E-state index contributed by atoms with van der Waals surface area (Å²) in [7, 11) is 0. The fourth-order valence-corrected chi connectivity index (χ4v) is 3.52. The Morgan fingerprint density at radius 2 is 1.50 bits per heavy atom. The van der Waals surface area contributed by atoms with Crippen LogP contribution in [0.1, 0.15) is 48.2 Å². The predicted molar refractivity (Wildman–Crippen MR) is 109 cm³/mol. The number of carboxylic acid groups (broad SMARTS) is 1. The van der Waals surface area contributed by atoms with Crippen LogP contribution in [0.2, 0.25) is 0 Å². The average Bonchev–Trinajstić information content (AvgIpc) is 2.73. The second kappa shape index (κ2) is 8.46. The van der Waals surface area contributed by atoms with E-state index in [1.807, 2.05) is 0 Å². The Bertz CT molecular complexity index is 976. The molecule has 2 aromatic carbocycles. The molecule has 0 saturated carbocycles. The Morgan fingerprint density at radius 1 is 0.969 bits per heavy atom. The minimum atomic E-state index is -4.47. The largest absolute Gasteiger partial charge is 0.478 e. The van der Waals surface area contributed by atoms with Crippen LogP contribution in [0.5, 0.6) is 5.75 Å². The van der Waals surface area contributed by atoms with Crippen LogP contribution in [0.25, 0.3) is 0 Å². The Labute approximate surface area is 183 Å². The van der Waals surface area contributed by atoms with E-state index in [0.717, 1.165) is 24.3 Å². The van der Waals surface area contributed by atoms with E-state index in [1.54, 1.807) is 24.3 Å². The van der Waals surface area contributed by atoms with Gasteiger partial charge in [-0.1, -0.05) is 12.1 Å². The number of benzene rings is 2. The molecule has 1 aliphatic heterocycles. The maximum atomic E-state index is 12.7. The Hall–Kier alpha value is -3.07. The molecule has 0 unspecified atom stereocenters. The van der Waals surface area contributed by atoms with Gasteiger partial charge >= 0.3 is 12.1 Å². The summed E-state index contributed by atoms with van der Waals surface area (Å²) in [5.74, 6) is -1.15. The molecule has 1 fully saturated rings. The van der Waals surface area contributed by atoms with Crippen molar-refractivity contribution in [2.24, 2.45) is 0 Å². The van der Waals surface area contributed by atoms with Gasteiger partial charge in [0, 0.05) is 18.7 Å². The molecule has 172 valence electrons. The molecule has 1 heterocycles. The lowest BCUT2D eigenvalue weighted by atomic mass is 9.84. The van der Waals surface area contributed by atoms with Crippen LogP contribution in [-0.4, -0.2) is 45.7 Å². The van der Waals surface area contributed by atoms with Crippen LogP contribution in [0.4, 0.5) is 13.2 Å². The average molecular weight is 451 g/mol. The molecule has 9 heteroatoms. The molecule has 1 aliphatic rings. The molecule has 0 bridgehead atoms. The van der Waals surface area contributed by atoms with E-state index >= 15 is 0 Å². The van der Waals surface area contributed by atoms with Gasteiger partial charge in [-0.3, -0.25) is 4.79 Å². The molecule has 0 atom stereocenters. The molecular weight excluding hydrogens is 427 g/mol. The van der Waals surface area contributed by atoms with Gasteiger partial charge in [0.2, 0.25) is 0 Å². The number of carbonyl (C=O) groups excluding carboxylic acids is 1. The highest BCUT2D eigenvalue weighted by atomic mass is 19.4. The SMILES string of the molecule is CC(C)(Oc1ccc(C2(O)CCN(C(=O)c3ccc(C(F)(F)F)cc3)CC2)cc1)C(=O)O. The minimum absolute atomic E-state index is 0.158. The minimum Gasteiger partial charge on any atom is -0.478 e. The van der Waals surface area contributed by atoms with Gasteiger partial charge in [-0.05, 0) is 68.7 Å². The number of aliphatic hydroxyl groups is 1. The molecule has 2 aromatic rings. The summed E-state index contributed by atoms with van der Waals surface area (Å²) in [4.78, 5) is 25.3. The zero-order valence-corrected chi connectivity index (χ0v) is 17.6. The summed E-state index contributed by atoms with van der Waals surface area (Å²) in [6.07, 6.45) is -3.96. The van der Waals surface area contributed by atoms with E-state index in [2.05, 4.69) is 0 Å². The van der Waals surface area contributed by atoms with Crippen LogP contribution in [0, 0.1) is 0 Å². The van der Waals surface area contributed by atoms with E-state index in [1.165, 1.54) is 18.7 Å². The summed E-state index contributed by atoms with van der Waals surface area (Å²) in [6, 6.07) is 10.5. The van der Waals surface area contributed by atoms with Crippen LogP contribution in [0.3, 0.4) is 0 Å². The highest BCUT2D eigenvalue weighted by Gasteiger charge is 2.36. The number of likely N-dealkylation sites (tertiary alicyclic amines) is 1. The smallest absolute Gasteiger partial charge is 0.416 e. The second-order valence-electron chi connectivity index (χ2n) is 8.34. The molecule has 2 N–H and O–H groups in total. The molecular formula is C23H24F3NO5. The third-order valence-electron chi connectivity index (χ3n) is 5.62. The normalized spacial score (nSPS) is 16.5. The van der Waals surface area contributed by atoms with Crippen LogP contribution < -0.4 is 4.74 Å². The first-order valence-corrected chi connectivity index (χ1v) is 10.0. The van der Waals surface area contributed by atoms with Gasteiger partial charge in [-0.2, -0.15) is 13.2 Å². The number of piperidine rings is 1. The maximum absolute atomic E-state index is 12.7. The van der Waals surface area contributed by atoms with Crippen molar-refractivity contribution in [3.63, 3.8) is 0 Å². The van der Waals surface area contributed by atoms with Crippen molar-refractivity contribution in [3.8, 4) is 5.75 Å². The maximum Gasteiger partial charge on any atom is 0.416 e. The first kappa shape index (κ1) is 23.6. The summed E-state index contributed by atoms with van der Waals surface area (Å²) in [5, 5.41) is 20.2. The number of carbonyl (C=O) groups is 2. The zero-order valence-electron chi connectivity index (χ0n) is 17.6. The number of amides is 1. The Morgan fingerprint density at radius 3 is 1.97 bits per heavy atom. The molecule has 0 spiro atoms. The summed E-state index contributed by atoms with van der Waals surface area (Å²) in [5.41, 5.74) is -2.63. The molecule has 3 rings (SSSR count). The topological polar surface area (TPSA) is 87.1 Å². The number of hydrogen-bond donors (Lipinski definition) is 2. The third-order valence-corrected chi connectivity index (χ3v) is 5.62. The number of rotatable bonds is 5. The number of carboxylic acids is 1. The van der Waals surface area contributed by atoms with Gasteiger partial charge in [-0.25, -0.2) is 4.79 Å². The van der Waals surface area contributed by atoms with Crippen LogP contribution in [-0.2, 0) is 16.6 Å². The quantitative estimate of drug-likeness (QED) is 0.716. The van der Waals surface area contributed by atoms with Gasteiger partial charge in [0.1, 0.15) is 5.75 Å². The zero-order chi connectivity index (χ0) is 23.7. The number of aliphatic carboxylic acids is 1. The van der Waals surface area contributed by atoms with Crippen molar-refractivity contribution in [3.05, 3.63) is 65.2 Å². The molecule has 1 saturated heterocycles. The molecule has 32 heavy (non-hydrogen) atoms. The highest BCUT2D eigenvalue weighted by Crippen LogP contribution is 2.35. The summed E-state index contributed by atoms with van der Waals surface area (Å²) >= 11 is 0. The van der Waals surface area contributed by atoms with Crippen molar-refractivity contribution in [2.75, 3.05) is 13.1 Å². The van der Waals surface area contributed by atoms with Crippen molar-refractivity contribution in [1.82, 2.24) is 4.90 Å². The number of ether oxygens (including phenoxy) is 1. The third kappa shape index (κ3) is 5.04. The first-order chi connectivity index (χ1) is 14.8. The fraction of sp³-hybridized carbons (Fsp3) is 0.391. The number of halogens is 3. The summed E-state index contributed by atoms with van der Waals surface area (Å²) < 4.78 is 43.6. The van der Waals surface area contributed by atoms with Gasteiger partial charge in [-0.15, -0.1) is 0 Å². The van der Waals surface area contributed by atoms with Crippen molar-refractivity contribution >= 4 is 11.9 Å². The van der Waals surface area contributed by atoms with Crippen LogP contribution in [0.15, 0.2) is 48.5 Å². The molecule has 0 radical (unpaired) electrons. The lowest BCUT2D eigenvalue weighted by molar-refractivity contribution is -0.152. The van der Waals surface area contributed by atoms with E-state index < -0.39 is 28.9 Å². The first-order valence-electron chi connectivity index (χ1n) is 10.0. The van der Waals surface area contributed by atoms with Crippen molar-refractivity contribution in [1.29, 1.82) is 0 Å². The van der Waals surface area contributed by atoms with Gasteiger partial charge in [0.05, 0.1) is 11.2 Å². The Kier molecular flexibility index (Phi) is 6.24. The fourth-order valence-electron chi connectivity index (χ4n) is 3.52. The van der Waals surface area contributed by atoms with E-state index in [4.69, 9.17) is 9.84 Å². The number of alkyl halides is 3. The van der Waals surface area contributed by atoms with Gasteiger partial charge in [0.25, 0.3) is 5.91 Å². The second-order valence-corrected chi connectivity index (χ2v) is 8.34. The van der Waals surface area contributed by atoms with Crippen molar-refractivity contribution < 1.29 is 37.7 Å². The van der Waals surface area contributed by atoms with Gasteiger partial charge in [0.15, 0.2) is 5.60 Å². The molecule has 1 amide bonds. The lowest BCUT2D eigenvalue weighted by Crippen LogP contribution is -2.45. The van der Waals surface area contributed by atoms with Gasteiger partial charge < -0.3 is 19.8 Å². The number of nitrogens with zero attached hydrogens (tertiary/aromatic N) is 1. The van der Waals surface area contributed by atoms with Crippen molar-refractivity contribution in [2.45, 2.75) is 44.1 Å². The molecule has 0 aromatic heterocycles. The van der Waals surface area contributed by atoms with E-state index in [-0.39, 0.29) is 37.4 Å². The Balaban J connectivity index is 1.64. The summed E-state index contributed by atoms with van der Waals surface area (Å²) in [6.45, 7) is 3.33. The molecule has 0 aliphatic carbocycles. The predicted octanol–water partition coefficient (Wildman–Crippen LogP) is 4.07. The monoisotopic (exact) mass is 451 g/mol. The number of hydrogen-bond acceptors (Lipinski definition) is 4. The van der Waals surface area contributed by atoms with E-state index in [9.17, 15) is 27.9 Å². The van der Waals surface area contributed by atoms with Crippen LogP contribution >= 0.6 is 0 Å². The molecule has 6 nitrogen and oxygen atoms in total. The van der Waals surface area contributed by atoms with E-state index in [0.29, 0.717) is 11.3 Å².